The number of carbonyl (C=O) groups is 1. The van der Waals surface area contributed by atoms with Crippen LogP contribution in [0.5, 0.6) is 5.75 Å². The third-order valence-corrected chi connectivity index (χ3v) is 2.42. The first-order valence-electron chi connectivity index (χ1n) is 5.40. The zero-order chi connectivity index (χ0) is 12.7. The van der Waals surface area contributed by atoms with E-state index in [2.05, 4.69) is 5.32 Å². The molecule has 1 rings (SSSR count). The van der Waals surface area contributed by atoms with E-state index in [-0.39, 0.29) is 32.1 Å². The number of nitrogens with one attached hydrogen (secondary N) is 1. The molecule has 0 radical (unpaired) electrons. The van der Waals surface area contributed by atoms with E-state index >= 15 is 0 Å². The predicted octanol–water partition coefficient (Wildman–Crippen LogP) is 1.53. The van der Waals surface area contributed by atoms with Crippen LogP contribution in [0.1, 0.15) is 12.0 Å². The van der Waals surface area contributed by atoms with Crippen LogP contribution in [0.25, 0.3) is 0 Å². The van der Waals surface area contributed by atoms with Gasteiger partial charge in [0.2, 0.25) is 5.91 Å². The van der Waals surface area contributed by atoms with Gasteiger partial charge in [-0.2, -0.15) is 0 Å². The first-order valence-corrected chi connectivity index (χ1v) is 5.78. The average molecular weight is 258 g/mol. The standard InChI is InChI=1S/C12H16ClNO3/c1-9-2-3-10(13)11(8-9)17-7-4-12(16)14-5-6-15/h2-3,8,15H,4-7H2,1H3,(H,14,16). The van der Waals surface area contributed by atoms with Crippen LogP contribution < -0.4 is 10.1 Å². The van der Waals surface area contributed by atoms with Gasteiger partial charge in [0.1, 0.15) is 5.75 Å². The molecule has 2 N–H and O–H groups in total. The Labute approximate surface area is 106 Å². The number of aryl methyl sites for hydroxylation is 1. The maximum absolute atomic E-state index is 11.2. The Bertz CT molecular complexity index is 382. The molecule has 0 heterocycles. The lowest BCUT2D eigenvalue weighted by Crippen LogP contribution is -2.27. The van der Waals surface area contributed by atoms with Crippen molar-refractivity contribution < 1.29 is 14.6 Å². The van der Waals surface area contributed by atoms with Gasteiger partial charge >= 0.3 is 0 Å². The molecule has 0 aliphatic carbocycles. The molecule has 0 fully saturated rings. The number of halogens is 1. The zero-order valence-corrected chi connectivity index (χ0v) is 10.5. The highest BCUT2D eigenvalue weighted by Crippen LogP contribution is 2.25. The smallest absolute Gasteiger partial charge is 0.223 e. The molecule has 4 nitrogen and oxygen atoms in total. The Morgan fingerprint density at radius 3 is 3.00 bits per heavy atom. The van der Waals surface area contributed by atoms with Crippen molar-refractivity contribution in [3.63, 3.8) is 0 Å². The largest absolute Gasteiger partial charge is 0.491 e. The molecule has 0 unspecified atom stereocenters. The summed E-state index contributed by atoms with van der Waals surface area (Å²) in [7, 11) is 0. The minimum Gasteiger partial charge on any atom is -0.491 e. The number of carbonyl (C=O) groups excluding carboxylic acids is 1. The van der Waals surface area contributed by atoms with Crippen LogP contribution in [-0.4, -0.2) is 30.8 Å². The number of benzene rings is 1. The molecule has 0 aromatic heterocycles. The SMILES string of the molecule is Cc1ccc(Cl)c(OCCC(=O)NCCO)c1. The zero-order valence-electron chi connectivity index (χ0n) is 9.70. The van der Waals surface area contributed by atoms with Crippen molar-refractivity contribution in [2.45, 2.75) is 13.3 Å². The summed E-state index contributed by atoms with van der Waals surface area (Å²) < 4.78 is 5.41. The number of aliphatic hydroxyl groups excluding tert-OH is 1. The summed E-state index contributed by atoms with van der Waals surface area (Å²) in [5, 5.41) is 11.6. The fourth-order valence-electron chi connectivity index (χ4n) is 1.26. The lowest BCUT2D eigenvalue weighted by Gasteiger charge is -2.08. The Morgan fingerprint density at radius 1 is 1.53 bits per heavy atom. The lowest BCUT2D eigenvalue weighted by atomic mass is 10.2. The van der Waals surface area contributed by atoms with Gasteiger partial charge < -0.3 is 15.2 Å². The topological polar surface area (TPSA) is 58.6 Å². The summed E-state index contributed by atoms with van der Waals surface area (Å²) in [4.78, 5) is 11.2. The number of ether oxygens (including phenoxy) is 1. The van der Waals surface area contributed by atoms with Crippen molar-refractivity contribution in [2.75, 3.05) is 19.8 Å². The second-order valence-electron chi connectivity index (χ2n) is 3.61. The van der Waals surface area contributed by atoms with Gasteiger partial charge in [-0.05, 0) is 24.6 Å². The third kappa shape index (κ3) is 5.06. The molecule has 0 atom stereocenters. The van der Waals surface area contributed by atoms with E-state index in [0.717, 1.165) is 5.56 Å². The monoisotopic (exact) mass is 257 g/mol. The molecule has 0 aliphatic rings. The first kappa shape index (κ1) is 13.8. The van der Waals surface area contributed by atoms with Gasteiger partial charge in [0.05, 0.1) is 24.7 Å². The predicted molar refractivity (Wildman–Crippen MR) is 66.4 cm³/mol. The summed E-state index contributed by atoms with van der Waals surface area (Å²) in [6.07, 6.45) is 0.240. The fourth-order valence-corrected chi connectivity index (χ4v) is 1.43. The Balaban J connectivity index is 2.35. The number of hydrogen-bond acceptors (Lipinski definition) is 3. The maximum atomic E-state index is 11.2. The molecule has 17 heavy (non-hydrogen) atoms. The normalized spacial score (nSPS) is 10.1. The molecule has 5 heteroatoms. The van der Waals surface area contributed by atoms with Crippen LogP contribution >= 0.6 is 11.6 Å². The number of amides is 1. The maximum Gasteiger partial charge on any atom is 0.223 e. The summed E-state index contributed by atoms with van der Waals surface area (Å²) in [5.74, 6) is 0.435. The van der Waals surface area contributed by atoms with Gasteiger partial charge in [-0.3, -0.25) is 4.79 Å². The summed E-state index contributed by atoms with van der Waals surface area (Å²) in [6.45, 7) is 2.41. The molecule has 0 spiro atoms. The molecule has 1 amide bonds. The van der Waals surface area contributed by atoms with Gasteiger partial charge in [-0.25, -0.2) is 0 Å². The van der Waals surface area contributed by atoms with E-state index in [0.29, 0.717) is 10.8 Å². The quantitative estimate of drug-likeness (QED) is 0.813. The van der Waals surface area contributed by atoms with Crippen LogP contribution in [0.4, 0.5) is 0 Å². The molecule has 94 valence electrons. The van der Waals surface area contributed by atoms with Crippen LogP contribution in [0.15, 0.2) is 18.2 Å². The van der Waals surface area contributed by atoms with E-state index < -0.39 is 0 Å². The van der Waals surface area contributed by atoms with Crippen molar-refractivity contribution in [2.24, 2.45) is 0 Å². The van der Waals surface area contributed by atoms with Gasteiger partial charge in [0, 0.05) is 6.54 Å². The molecular formula is C12H16ClNO3. The molecule has 0 aliphatic heterocycles. The minimum absolute atomic E-state index is 0.0592. The van der Waals surface area contributed by atoms with Crippen molar-refractivity contribution in [1.82, 2.24) is 5.32 Å². The Hall–Kier alpha value is -1.26. The van der Waals surface area contributed by atoms with Crippen LogP contribution in [0.2, 0.25) is 5.02 Å². The molecule has 0 bridgehead atoms. The number of aliphatic hydroxyl groups is 1. The van der Waals surface area contributed by atoms with E-state index in [1.54, 1.807) is 6.07 Å². The van der Waals surface area contributed by atoms with Crippen molar-refractivity contribution in [1.29, 1.82) is 0 Å². The van der Waals surface area contributed by atoms with Gasteiger partial charge in [0.25, 0.3) is 0 Å². The average Bonchev–Trinajstić information content (AvgIpc) is 2.31. The van der Waals surface area contributed by atoms with E-state index in [1.165, 1.54) is 0 Å². The summed E-state index contributed by atoms with van der Waals surface area (Å²) in [5.41, 5.74) is 1.05. The molecule has 0 saturated carbocycles. The van der Waals surface area contributed by atoms with E-state index in [4.69, 9.17) is 21.4 Å². The van der Waals surface area contributed by atoms with Crippen LogP contribution in [0, 0.1) is 6.92 Å². The highest BCUT2D eigenvalue weighted by Gasteiger charge is 2.04. The highest BCUT2D eigenvalue weighted by molar-refractivity contribution is 6.32. The van der Waals surface area contributed by atoms with Gasteiger partial charge in [-0.1, -0.05) is 17.7 Å². The van der Waals surface area contributed by atoms with Crippen LogP contribution in [0.3, 0.4) is 0 Å². The highest BCUT2D eigenvalue weighted by atomic mass is 35.5. The third-order valence-electron chi connectivity index (χ3n) is 2.11. The second-order valence-corrected chi connectivity index (χ2v) is 4.01. The molecule has 0 saturated heterocycles. The van der Waals surface area contributed by atoms with Crippen LogP contribution in [-0.2, 0) is 4.79 Å². The summed E-state index contributed by atoms with van der Waals surface area (Å²) >= 11 is 5.94. The van der Waals surface area contributed by atoms with E-state index in [1.807, 2.05) is 19.1 Å². The fraction of sp³-hybridized carbons (Fsp3) is 0.417. The minimum atomic E-state index is -0.150. The Kier molecular flexibility index (Phi) is 5.80. The van der Waals surface area contributed by atoms with Gasteiger partial charge in [0.15, 0.2) is 0 Å². The molecular weight excluding hydrogens is 242 g/mol. The number of hydrogen-bond donors (Lipinski definition) is 2. The first-order chi connectivity index (χ1) is 8.13. The van der Waals surface area contributed by atoms with Gasteiger partial charge in [-0.15, -0.1) is 0 Å². The second kappa shape index (κ2) is 7.14. The van der Waals surface area contributed by atoms with Crippen molar-refractivity contribution in [3.8, 4) is 5.75 Å². The lowest BCUT2D eigenvalue weighted by molar-refractivity contribution is -0.121. The number of rotatable bonds is 6. The van der Waals surface area contributed by atoms with E-state index in [9.17, 15) is 4.79 Å². The Morgan fingerprint density at radius 2 is 2.29 bits per heavy atom. The van der Waals surface area contributed by atoms with Crippen molar-refractivity contribution >= 4 is 17.5 Å². The molecule has 1 aromatic carbocycles. The van der Waals surface area contributed by atoms with Crippen molar-refractivity contribution in [3.05, 3.63) is 28.8 Å². The molecule has 1 aromatic rings. The summed E-state index contributed by atoms with van der Waals surface area (Å²) in [6, 6.07) is 5.48.